The standard InChI is InChI=1S/C13H19NO.ClH/c14-12-7-4-8-13(9-12)15-10-11-5-2-1-3-6-11;/h1-3,5-6,12-13H,4,7-10,14H2;1H/t12-,13+;/m0./s1. The summed E-state index contributed by atoms with van der Waals surface area (Å²) < 4.78 is 5.86. The fourth-order valence-corrected chi connectivity index (χ4v) is 2.12. The topological polar surface area (TPSA) is 35.2 Å². The molecular weight excluding hydrogens is 222 g/mol. The summed E-state index contributed by atoms with van der Waals surface area (Å²) in [5.41, 5.74) is 7.16. The Morgan fingerprint density at radius 1 is 1.19 bits per heavy atom. The van der Waals surface area contributed by atoms with Gasteiger partial charge >= 0.3 is 0 Å². The van der Waals surface area contributed by atoms with Gasteiger partial charge in [0.1, 0.15) is 0 Å². The highest BCUT2D eigenvalue weighted by Crippen LogP contribution is 2.20. The minimum Gasteiger partial charge on any atom is -0.373 e. The lowest BCUT2D eigenvalue weighted by atomic mass is 9.93. The van der Waals surface area contributed by atoms with Crippen molar-refractivity contribution in [1.82, 2.24) is 0 Å². The third-order valence-corrected chi connectivity index (χ3v) is 3.00. The predicted molar refractivity (Wildman–Crippen MR) is 68.7 cm³/mol. The highest BCUT2D eigenvalue weighted by molar-refractivity contribution is 5.85. The monoisotopic (exact) mass is 241 g/mol. The molecule has 2 nitrogen and oxygen atoms in total. The van der Waals surface area contributed by atoms with E-state index < -0.39 is 0 Å². The summed E-state index contributed by atoms with van der Waals surface area (Å²) in [4.78, 5) is 0. The molecular formula is C13H20ClNO. The number of halogens is 1. The minimum absolute atomic E-state index is 0. The molecule has 0 heterocycles. The van der Waals surface area contributed by atoms with Crippen molar-refractivity contribution >= 4 is 12.4 Å². The number of rotatable bonds is 3. The summed E-state index contributed by atoms with van der Waals surface area (Å²) in [6, 6.07) is 10.7. The molecule has 1 aliphatic rings. The van der Waals surface area contributed by atoms with Crippen LogP contribution in [0.2, 0.25) is 0 Å². The van der Waals surface area contributed by atoms with Crippen molar-refractivity contribution < 1.29 is 4.74 Å². The van der Waals surface area contributed by atoms with Crippen molar-refractivity contribution in [1.29, 1.82) is 0 Å². The molecule has 2 N–H and O–H groups in total. The second-order valence-corrected chi connectivity index (χ2v) is 4.35. The first-order valence-electron chi connectivity index (χ1n) is 5.75. The van der Waals surface area contributed by atoms with Crippen LogP contribution in [-0.4, -0.2) is 12.1 Å². The van der Waals surface area contributed by atoms with Gasteiger partial charge in [-0.2, -0.15) is 0 Å². The van der Waals surface area contributed by atoms with E-state index in [2.05, 4.69) is 12.1 Å². The summed E-state index contributed by atoms with van der Waals surface area (Å²) >= 11 is 0. The van der Waals surface area contributed by atoms with E-state index in [-0.39, 0.29) is 12.4 Å². The highest BCUT2D eigenvalue weighted by atomic mass is 35.5. The zero-order valence-corrected chi connectivity index (χ0v) is 10.3. The van der Waals surface area contributed by atoms with Crippen LogP contribution in [0.1, 0.15) is 31.2 Å². The Morgan fingerprint density at radius 3 is 2.62 bits per heavy atom. The molecule has 0 unspecified atom stereocenters. The fourth-order valence-electron chi connectivity index (χ4n) is 2.12. The van der Waals surface area contributed by atoms with E-state index in [4.69, 9.17) is 10.5 Å². The van der Waals surface area contributed by atoms with Crippen LogP contribution in [0.4, 0.5) is 0 Å². The molecule has 90 valence electrons. The molecule has 1 aromatic rings. The van der Waals surface area contributed by atoms with Gasteiger partial charge in [-0.05, 0) is 31.2 Å². The van der Waals surface area contributed by atoms with E-state index >= 15 is 0 Å². The Labute approximate surface area is 104 Å². The van der Waals surface area contributed by atoms with E-state index in [0.717, 1.165) is 19.4 Å². The van der Waals surface area contributed by atoms with Gasteiger partial charge in [-0.3, -0.25) is 0 Å². The van der Waals surface area contributed by atoms with Crippen molar-refractivity contribution in [2.75, 3.05) is 0 Å². The van der Waals surface area contributed by atoms with Gasteiger partial charge in [0, 0.05) is 6.04 Å². The molecule has 0 bridgehead atoms. The summed E-state index contributed by atoms with van der Waals surface area (Å²) in [7, 11) is 0. The normalized spacial score (nSPS) is 24.8. The molecule has 1 aromatic carbocycles. The molecule has 1 fully saturated rings. The van der Waals surface area contributed by atoms with E-state index in [1.165, 1.54) is 18.4 Å². The SMILES string of the molecule is Cl.N[C@H]1CCC[C@@H](OCc2ccccc2)C1. The van der Waals surface area contributed by atoms with E-state index in [9.17, 15) is 0 Å². The molecule has 0 amide bonds. The van der Waals surface area contributed by atoms with Gasteiger partial charge < -0.3 is 10.5 Å². The molecule has 1 saturated carbocycles. The maximum Gasteiger partial charge on any atom is 0.0720 e. The largest absolute Gasteiger partial charge is 0.373 e. The van der Waals surface area contributed by atoms with Crippen LogP contribution in [0.5, 0.6) is 0 Å². The van der Waals surface area contributed by atoms with Gasteiger partial charge in [0.15, 0.2) is 0 Å². The molecule has 0 radical (unpaired) electrons. The lowest BCUT2D eigenvalue weighted by Gasteiger charge is -2.26. The molecule has 16 heavy (non-hydrogen) atoms. The Hall–Kier alpha value is -0.570. The average Bonchev–Trinajstić information content (AvgIpc) is 2.28. The zero-order valence-electron chi connectivity index (χ0n) is 9.47. The zero-order chi connectivity index (χ0) is 10.5. The maximum absolute atomic E-state index is 5.91. The molecule has 0 saturated heterocycles. The number of hydrogen-bond acceptors (Lipinski definition) is 2. The Bertz CT molecular complexity index is 291. The molecule has 0 spiro atoms. The van der Waals surface area contributed by atoms with E-state index in [1.807, 2.05) is 18.2 Å². The van der Waals surface area contributed by atoms with Crippen molar-refractivity contribution in [2.45, 2.75) is 44.4 Å². The predicted octanol–water partition coefficient (Wildman–Crippen LogP) is 2.89. The number of hydrogen-bond donors (Lipinski definition) is 1. The van der Waals surface area contributed by atoms with Gasteiger partial charge in [0.05, 0.1) is 12.7 Å². The number of ether oxygens (including phenoxy) is 1. The molecule has 1 aliphatic carbocycles. The first kappa shape index (κ1) is 13.5. The maximum atomic E-state index is 5.91. The molecule has 0 aromatic heterocycles. The molecule has 2 atom stereocenters. The lowest BCUT2D eigenvalue weighted by Crippen LogP contribution is -2.32. The van der Waals surface area contributed by atoms with Crippen LogP contribution in [0.15, 0.2) is 30.3 Å². The van der Waals surface area contributed by atoms with Crippen LogP contribution in [-0.2, 0) is 11.3 Å². The number of benzene rings is 1. The van der Waals surface area contributed by atoms with Gasteiger partial charge in [0.25, 0.3) is 0 Å². The Kier molecular flexibility index (Phi) is 5.81. The second kappa shape index (κ2) is 6.89. The Balaban J connectivity index is 0.00000128. The van der Waals surface area contributed by atoms with Gasteiger partial charge in [-0.25, -0.2) is 0 Å². The molecule has 2 rings (SSSR count). The first-order chi connectivity index (χ1) is 7.34. The minimum atomic E-state index is 0. The van der Waals surface area contributed by atoms with Crippen LogP contribution < -0.4 is 5.73 Å². The first-order valence-corrected chi connectivity index (χ1v) is 5.75. The van der Waals surface area contributed by atoms with Crippen LogP contribution >= 0.6 is 12.4 Å². The fraction of sp³-hybridized carbons (Fsp3) is 0.538. The van der Waals surface area contributed by atoms with Crippen LogP contribution in [0, 0.1) is 0 Å². The molecule has 0 aliphatic heterocycles. The smallest absolute Gasteiger partial charge is 0.0720 e. The quantitative estimate of drug-likeness (QED) is 0.883. The van der Waals surface area contributed by atoms with Crippen LogP contribution in [0.3, 0.4) is 0 Å². The summed E-state index contributed by atoms with van der Waals surface area (Å²) in [5, 5.41) is 0. The highest BCUT2D eigenvalue weighted by Gasteiger charge is 2.19. The number of nitrogens with two attached hydrogens (primary N) is 1. The third kappa shape index (κ3) is 4.12. The van der Waals surface area contributed by atoms with Crippen LogP contribution in [0.25, 0.3) is 0 Å². The van der Waals surface area contributed by atoms with E-state index in [1.54, 1.807) is 0 Å². The van der Waals surface area contributed by atoms with Crippen molar-refractivity contribution in [3.05, 3.63) is 35.9 Å². The molecule has 3 heteroatoms. The van der Waals surface area contributed by atoms with E-state index in [0.29, 0.717) is 12.1 Å². The Morgan fingerprint density at radius 2 is 1.94 bits per heavy atom. The van der Waals surface area contributed by atoms with Gasteiger partial charge in [0.2, 0.25) is 0 Å². The summed E-state index contributed by atoms with van der Waals surface area (Å²) in [6.45, 7) is 0.720. The summed E-state index contributed by atoms with van der Waals surface area (Å²) in [5.74, 6) is 0. The van der Waals surface area contributed by atoms with Gasteiger partial charge in [-0.15, -0.1) is 12.4 Å². The lowest BCUT2D eigenvalue weighted by molar-refractivity contribution is 0.0122. The summed E-state index contributed by atoms with van der Waals surface area (Å²) in [6.07, 6.45) is 4.92. The van der Waals surface area contributed by atoms with Crippen molar-refractivity contribution in [2.24, 2.45) is 5.73 Å². The average molecular weight is 242 g/mol. The second-order valence-electron chi connectivity index (χ2n) is 4.35. The van der Waals surface area contributed by atoms with Gasteiger partial charge in [-0.1, -0.05) is 30.3 Å². The van der Waals surface area contributed by atoms with Crippen molar-refractivity contribution in [3.63, 3.8) is 0 Å². The third-order valence-electron chi connectivity index (χ3n) is 3.00. The van der Waals surface area contributed by atoms with Crippen molar-refractivity contribution in [3.8, 4) is 0 Å².